The minimum atomic E-state index is -0.318. The lowest BCUT2D eigenvalue weighted by atomic mass is 9.90. The fourth-order valence-electron chi connectivity index (χ4n) is 2.88. The number of amides is 2. The largest absolute Gasteiger partial charge is 0.344 e. The van der Waals surface area contributed by atoms with Gasteiger partial charge in [0.25, 0.3) is 0 Å². The Morgan fingerprint density at radius 3 is 2.78 bits per heavy atom. The van der Waals surface area contributed by atoms with Gasteiger partial charge in [0.05, 0.1) is 0 Å². The van der Waals surface area contributed by atoms with Crippen LogP contribution in [0.15, 0.2) is 0 Å². The van der Waals surface area contributed by atoms with Gasteiger partial charge in [0.15, 0.2) is 0 Å². The third-order valence-electron chi connectivity index (χ3n) is 3.93. The van der Waals surface area contributed by atoms with Gasteiger partial charge in [-0.25, -0.2) is 0 Å². The van der Waals surface area contributed by atoms with Gasteiger partial charge < -0.3 is 16.0 Å². The van der Waals surface area contributed by atoms with E-state index in [9.17, 15) is 9.59 Å². The molecule has 0 aliphatic carbocycles. The van der Waals surface area contributed by atoms with Crippen molar-refractivity contribution in [2.24, 2.45) is 11.7 Å². The van der Waals surface area contributed by atoms with Crippen molar-refractivity contribution in [1.82, 2.24) is 10.2 Å². The van der Waals surface area contributed by atoms with Gasteiger partial charge >= 0.3 is 0 Å². The molecule has 3 N–H and O–H groups in total. The van der Waals surface area contributed by atoms with Gasteiger partial charge in [0, 0.05) is 25.6 Å². The molecule has 2 saturated heterocycles. The number of rotatable bonds is 2. The average molecular weight is 276 g/mol. The Morgan fingerprint density at radius 1 is 1.50 bits per heavy atom. The van der Waals surface area contributed by atoms with Crippen LogP contribution in [0, 0.1) is 5.92 Å². The summed E-state index contributed by atoms with van der Waals surface area (Å²) in [6.07, 6.45) is 3.25. The lowest BCUT2D eigenvalue weighted by molar-refractivity contribution is -0.138. The normalized spacial score (nSPS) is 31.8. The van der Waals surface area contributed by atoms with E-state index in [4.69, 9.17) is 5.73 Å². The van der Waals surface area contributed by atoms with Crippen molar-refractivity contribution in [2.75, 3.05) is 13.1 Å². The van der Waals surface area contributed by atoms with Crippen molar-refractivity contribution in [2.45, 2.75) is 44.7 Å². The van der Waals surface area contributed by atoms with E-state index < -0.39 is 0 Å². The van der Waals surface area contributed by atoms with Gasteiger partial charge in [-0.05, 0) is 25.2 Å². The van der Waals surface area contributed by atoms with Crippen LogP contribution in [0.25, 0.3) is 0 Å². The number of nitrogens with two attached hydrogens (primary N) is 1. The van der Waals surface area contributed by atoms with Crippen molar-refractivity contribution in [1.29, 1.82) is 0 Å². The molecule has 2 unspecified atom stereocenters. The van der Waals surface area contributed by atoms with Crippen LogP contribution in [0.2, 0.25) is 0 Å². The number of likely N-dealkylation sites (tertiary alicyclic amines) is 1. The second-order valence-electron chi connectivity index (χ2n) is 5.11. The third kappa shape index (κ3) is 2.95. The van der Waals surface area contributed by atoms with Crippen LogP contribution >= 0.6 is 12.4 Å². The standard InChI is InChI=1S/C12H21N3O2.ClH/c1-8-3-2-6-15(10(8)7-13)12(17)9-4-5-11(16)14-9;/h8-10H,2-7,13H2,1H3,(H,14,16);1H/t8?,9-,10?;/m1./s1. The molecule has 0 saturated carbocycles. The third-order valence-corrected chi connectivity index (χ3v) is 3.93. The Morgan fingerprint density at radius 2 is 2.22 bits per heavy atom. The quantitative estimate of drug-likeness (QED) is 0.760. The highest BCUT2D eigenvalue weighted by molar-refractivity contribution is 5.91. The number of halogens is 1. The summed E-state index contributed by atoms with van der Waals surface area (Å²) in [5, 5.41) is 2.74. The maximum Gasteiger partial charge on any atom is 0.245 e. The molecular formula is C12H22ClN3O2. The van der Waals surface area contributed by atoms with E-state index in [1.165, 1.54) is 0 Å². The molecule has 2 aliphatic rings. The number of hydrogen-bond donors (Lipinski definition) is 2. The van der Waals surface area contributed by atoms with E-state index >= 15 is 0 Å². The number of hydrogen-bond acceptors (Lipinski definition) is 3. The first-order valence-electron chi connectivity index (χ1n) is 6.43. The molecule has 6 heteroatoms. The smallest absolute Gasteiger partial charge is 0.245 e. The van der Waals surface area contributed by atoms with E-state index in [1.807, 2.05) is 4.90 Å². The predicted molar refractivity (Wildman–Crippen MR) is 71.4 cm³/mol. The maximum absolute atomic E-state index is 12.3. The molecule has 2 aliphatic heterocycles. The molecule has 0 aromatic rings. The summed E-state index contributed by atoms with van der Waals surface area (Å²) < 4.78 is 0. The Balaban J connectivity index is 0.00000162. The van der Waals surface area contributed by atoms with Gasteiger partial charge in [-0.3, -0.25) is 9.59 Å². The molecule has 5 nitrogen and oxygen atoms in total. The van der Waals surface area contributed by atoms with Crippen LogP contribution in [0.5, 0.6) is 0 Å². The fraction of sp³-hybridized carbons (Fsp3) is 0.833. The van der Waals surface area contributed by atoms with Gasteiger partial charge in [-0.15, -0.1) is 12.4 Å². The van der Waals surface area contributed by atoms with Gasteiger partial charge in [0.2, 0.25) is 11.8 Å². The molecule has 0 radical (unpaired) electrons. The zero-order chi connectivity index (χ0) is 12.4. The molecule has 104 valence electrons. The number of nitrogens with one attached hydrogen (secondary N) is 1. The topological polar surface area (TPSA) is 75.4 Å². The first-order chi connectivity index (χ1) is 8.13. The summed E-state index contributed by atoms with van der Waals surface area (Å²) in [5.74, 6) is 0.491. The molecule has 0 spiro atoms. The average Bonchev–Trinajstić information content (AvgIpc) is 2.74. The van der Waals surface area contributed by atoms with E-state index in [1.54, 1.807) is 0 Å². The van der Waals surface area contributed by atoms with Crippen LogP contribution < -0.4 is 11.1 Å². The second kappa shape index (κ2) is 6.38. The molecule has 0 bridgehead atoms. The lowest BCUT2D eigenvalue weighted by Gasteiger charge is -2.40. The predicted octanol–water partition coefficient (Wildman–Crippen LogP) is 0.273. The molecule has 2 fully saturated rings. The van der Waals surface area contributed by atoms with Crippen molar-refractivity contribution in [3.63, 3.8) is 0 Å². The summed E-state index contributed by atoms with van der Waals surface area (Å²) >= 11 is 0. The van der Waals surface area contributed by atoms with Gasteiger partial charge in [0.1, 0.15) is 6.04 Å². The highest BCUT2D eigenvalue weighted by Gasteiger charge is 2.36. The van der Waals surface area contributed by atoms with Gasteiger partial charge in [-0.2, -0.15) is 0 Å². The SMILES string of the molecule is CC1CCCN(C(=O)[C@H]2CCC(=O)N2)C1CN.Cl. The van der Waals surface area contributed by atoms with E-state index in [2.05, 4.69) is 12.2 Å². The summed E-state index contributed by atoms with van der Waals surface area (Å²) in [6.45, 7) is 3.43. The molecule has 0 aromatic carbocycles. The molecule has 2 heterocycles. The minimum Gasteiger partial charge on any atom is -0.344 e. The van der Waals surface area contributed by atoms with Crippen LogP contribution in [-0.2, 0) is 9.59 Å². The zero-order valence-electron chi connectivity index (χ0n) is 10.7. The Hall–Kier alpha value is -0.810. The highest BCUT2D eigenvalue weighted by Crippen LogP contribution is 2.24. The van der Waals surface area contributed by atoms with Crippen molar-refractivity contribution >= 4 is 24.2 Å². The monoisotopic (exact) mass is 275 g/mol. The highest BCUT2D eigenvalue weighted by atomic mass is 35.5. The summed E-state index contributed by atoms with van der Waals surface area (Å²) in [7, 11) is 0. The van der Waals surface area contributed by atoms with Gasteiger partial charge in [-0.1, -0.05) is 6.92 Å². The first-order valence-corrected chi connectivity index (χ1v) is 6.43. The molecule has 3 atom stereocenters. The lowest BCUT2D eigenvalue weighted by Crippen LogP contribution is -2.55. The van der Waals surface area contributed by atoms with Crippen LogP contribution in [0.3, 0.4) is 0 Å². The van der Waals surface area contributed by atoms with Crippen molar-refractivity contribution in [3.8, 4) is 0 Å². The summed E-state index contributed by atoms with van der Waals surface area (Å²) in [4.78, 5) is 25.3. The molecule has 0 aromatic heterocycles. The Bertz CT molecular complexity index is 324. The van der Waals surface area contributed by atoms with Crippen molar-refractivity contribution < 1.29 is 9.59 Å². The maximum atomic E-state index is 12.3. The number of carbonyl (C=O) groups excluding carboxylic acids is 2. The number of nitrogens with zero attached hydrogens (tertiary/aromatic N) is 1. The summed E-state index contributed by atoms with van der Waals surface area (Å²) in [6, 6.07) is -0.185. The summed E-state index contributed by atoms with van der Waals surface area (Å²) in [5.41, 5.74) is 5.77. The fourth-order valence-corrected chi connectivity index (χ4v) is 2.88. The molecule has 18 heavy (non-hydrogen) atoms. The minimum absolute atomic E-state index is 0. The Kier molecular flexibility index (Phi) is 5.41. The molecule has 2 rings (SSSR count). The van der Waals surface area contributed by atoms with Crippen LogP contribution in [0.4, 0.5) is 0 Å². The van der Waals surface area contributed by atoms with Crippen molar-refractivity contribution in [3.05, 3.63) is 0 Å². The second-order valence-corrected chi connectivity index (χ2v) is 5.11. The molecule has 2 amide bonds. The number of carbonyl (C=O) groups is 2. The van der Waals surface area contributed by atoms with E-state index in [0.717, 1.165) is 19.4 Å². The number of piperidine rings is 1. The zero-order valence-corrected chi connectivity index (χ0v) is 11.5. The van der Waals surface area contributed by atoms with E-state index in [0.29, 0.717) is 25.3 Å². The van der Waals surface area contributed by atoms with Crippen LogP contribution in [-0.4, -0.2) is 41.9 Å². The van der Waals surface area contributed by atoms with Crippen LogP contribution in [0.1, 0.15) is 32.6 Å². The Labute approximate surface area is 114 Å². The molecular weight excluding hydrogens is 254 g/mol. The van der Waals surface area contributed by atoms with E-state index in [-0.39, 0.29) is 36.3 Å². The first kappa shape index (κ1) is 15.2.